The Morgan fingerprint density at radius 1 is 1.02 bits per heavy atom. The summed E-state index contributed by atoms with van der Waals surface area (Å²) in [6.45, 7) is 5.36. The van der Waals surface area contributed by atoms with Crippen LogP contribution in [0.25, 0.3) is 5.82 Å². The molecule has 2 N–H and O–H groups in total. The number of nitrogens with zero attached hydrogens (tertiary/aromatic N) is 5. The van der Waals surface area contributed by atoms with Crippen LogP contribution in [0.1, 0.15) is 54.2 Å². The molecule has 0 atom stereocenters. The van der Waals surface area contributed by atoms with Gasteiger partial charge in [-0.3, -0.25) is 9.69 Å². The molecule has 0 saturated heterocycles. The number of amides is 1. The summed E-state index contributed by atoms with van der Waals surface area (Å²) in [5.74, 6) is -3.86. The number of hydrogen-bond acceptors (Lipinski definition) is 6. The number of carbonyl (C=O) groups is 3. The summed E-state index contributed by atoms with van der Waals surface area (Å²) >= 11 is 0. The van der Waals surface area contributed by atoms with Gasteiger partial charge in [-0.05, 0) is 31.7 Å². The lowest BCUT2D eigenvalue weighted by molar-refractivity contribution is -0.193. The van der Waals surface area contributed by atoms with Crippen molar-refractivity contribution in [2.45, 2.75) is 58.0 Å². The number of rotatable bonds is 4. The summed E-state index contributed by atoms with van der Waals surface area (Å²) < 4.78 is 65.3. The van der Waals surface area contributed by atoms with Crippen molar-refractivity contribution in [3.05, 3.63) is 41.3 Å². The number of halogens is 6. The highest BCUT2D eigenvalue weighted by molar-refractivity contribution is 5.95. The second-order valence-corrected chi connectivity index (χ2v) is 9.15. The number of alkyl halides is 6. The highest BCUT2D eigenvalue weighted by Gasteiger charge is 2.39. The van der Waals surface area contributed by atoms with Crippen LogP contribution in [0, 0.1) is 5.92 Å². The minimum atomic E-state index is -5.08. The first-order chi connectivity index (χ1) is 18.6. The molecule has 3 heterocycles. The summed E-state index contributed by atoms with van der Waals surface area (Å²) in [5, 5.41) is 18.8. The van der Waals surface area contributed by atoms with Gasteiger partial charge in [0.25, 0.3) is 5.91 Å². The average molecular weight is 582 g/mol. The summed E-state index contributed by atoms with van der Waals surface area (Å²) in [6.07, 6.45) is -1.32. The Balaban J connectivity index is 0.000000333. The molecule has 16 heteroatoms. The molecule has 2 aliphatic rings. The molecule has 2 aromatic rings. The molecule has 1 aliphatic heterocycles. The molecule has 0 aromatic carbocycles. The van der Waals surface area contributed by atoms with E-state index in [1.54, 1.807) is 17.3 Å². The number of hydrogen-bond donors (Lipinski definition) is 2. The van der Waals surface area contributed by atoms with E-state index in [1.165, 1.54) is 31.2 Å². The van der Waals surface area contributed by atoms with E-state index in [2.05, 4.69) is 21.0 Å². The van der Waals surface area contributed by atoms with Crippen molar-refractivity contribution in [2.24, 2.45) is 5.92 Å². The van der Waals surface area contributed by atoms with Crippen LogP contribution in [0.15, 0.2) is 24.5 Å². The quantitative estimate of drug-likeness (QED) is 0.516. The van der Waals surface area contributed by atoms with Crippen LogP contribution in [0.3, 0.4) is 0 Å². The summed E-state index contributed by atoms with van der Waals surface area (Å²) in [4.78, 5) is 39.4. The number of fused-ring (bicyclic) bond motifs is 3. The van der Waals surface area contributed by atoms with Crippen molar-refractivity contribution in [1.29, 1.82) is 0 Å². The third-order valence-corrected chi connectivity index (χ3v) is 6.23. The molecule has 0 bridgehead atoms. The van der Waals surface area contributed by atoms with Crippen LogP contribution < -0.4 is 0 Å². The smallest absolute Gasteiger partial charge is 0.475 e. The van der Waals surface area contributed by atoms with Crippen molar-refractivity contribution in [3.8, 4) is 5.82 Å². The van der Waals surface area contributed by atoms with Crippen molar-refractivity contribution in [2.75, 3.05) is 20.1 Å². The number of carboxylic acids is 2. The second kappa shape index (κ2) is 13.6. The highest BCUT2D eigenvalue weighted by Crippen LogP contribution is 2.30. The summed E-state index contributed by atoms with van der Waals surface area (Å²) in [5.41, 5.74) is 2.84. The molecule has 222 valence electrons. The molecular weight excluding hydrogens is 552 g/mol. The fourth-order valence-electron chi connectivity index (χ4n) is 4.18. The maximum atomic E-state index is 12.8. The molecule has 10 nitrogen and oxygen atoms in total. The number of carbonyl (C=O) groups excluding carboxylic acids is 1. The fourth-order valence-corrected chi connectivity index (χ4v) is 4.18. The first-order valence-electron chi connectivity index (χ1n) is 12.1. The van der Waals surface area contributed by atoms with Crippen LogP contribution in [0.4, 0.5) is 26.3 Å². The number of carboxylic acid groups (broad SMARTS) is 2. The Bertz CT molecular complexity index is 1150. The maximum absolute atomic E-state index is 12.8. The Hall–Kier alpha value is -3.69. The average Bonchev–Trinajstić information content (AvgIpc) is 3.50. The Labute approximate surface area is 225 Å². The van der Waals surface area contributed by atoms with Crippen molar-refractivity contribution in [1.82, 2.24) is 24.6 Å². The zero-order valence-electron chi connectivity index (χ0n) is 21.7. The van der Waals surface area contributed by atoms with Gasteiger partial charge in [-0.1, -0.05) is 18.9 Å². The lowest BCUT2D eigenvalue weighted by atomic mass is 10.1. The first-order valence-corrected chi connectivity index (χ1v) is 12.1. The largest absolute Gasteiger partial charge is 0.490 e. The van der Waals surface area contributed by atoms with Crippen LogP contribution in [0.2, 0.25) is 0 Å². The molecular formula is C24H29F6N5O5. The molecule has 1 saturated carbocycles. The molecule has 1 aliphatic carbocycles. The van der Waals surface area contributed by atoms with Gasteiger partial charge in [0.2, 0.25) is 0 Å². The van der Waals surface area contributed by atoms with Crippen molar-refractivity contribution >= 4 is 17.8 Å². The van der Waals surface area contributed by atoms with E-state index >= 15 is 0 Å². The van der Waals surface area contributed by atoms with Gasteiger partial charge in [-0.15, -0.1) is 0 Å². The second-order valence-electron chi connectivity index (χ2n) is 9.15. The third kappa shape index (κ3) is 8.93. The number of pyridine rings is 1. The summed E-state index contributed by atoms with van der Waals surface area (Å²) in [7, 11) is 1.84. The monoisotopic (exact) mass is 581 g/mol. The zero-order chi connectivity index (χ0) is 30.3. The molecule has 4 rings (SSSR count). The van der Waals surface area contributed by atoms with E-state index in [4.69, 9.17) is 19.8 Å². The van der Waals surface area contributed by atoms with Gasteiger partial charge in [0.1, 0.15) is 0 Å². The summed E-state index contributed by atoms with van der Waals surface area (Å²) in [6, 6.07) is 4.11. The van der Waals surface area contributed by atoms with E-state index in [0.29, 0.717) is 12.1 Å². The minimum absolute atomic E-state index is 0.0361. The Kier molecular flexibility index (Phi) is 11.0. The van der Waals surface area contributed by atoms with Crippen molar-refractivity contribution in [3.63, 3.8) is 0 Å². The first kappa shape index (κ1) is 32.5. The van der Waals surface area contributed by atoms with Gasteiger partial charge >= 0.3 is 24.3 Å². The minimum Gasteiger partial charge on any atom is -0.475 e. The highest BCUT2D eigenvalue weighted by atomic mass is 19.4. The predicted molar refractivity (Wildman–Crippen MR) is 127 cm³/mol. The number of aliphatic carboxylic acids is 2. The van der Waals surface area contributed by atoms with Crippen molar-refractivity contribution < 1.29 is 50.9 Å². The predicted octanol–water partition coefficient (Wildman–Crippen LogP) is 4.13. The zero-order valence-corrected chi connectivity index (χ0v) is 21.7. The SMILES string of the molecule is CCN(C)C(=O)c1cnn2c1CN(CC1CCCC1)Cc1cccnc1-2.O=C(O)C(F)(F)F.O=C(O)C(F)(F)F. The van der Waals surface area contributed by atoms with Gasteiger partial charge in [0, 0.05) is 45.0 Å². The molecule has 0 radical (unpaired) electrons. The van der Waals surface area contributed by atoms with Crippen LogP contribution in [-0.2, 0) is 22.7 Å². The lowest BCUT2D eigenvalue weighted by Crippen LogP contribution is -2.30. The van der Waals surface area contributed by atoms with E-state index in [0.717, 1.165) is 37.1 Å². The number of aromatic nitrogens is 3. The molecule has 1 amide bonds. The molecule has 1 fully saturated rings. The molecule has 40 heavy (non-hydrogen) atoms. The molecule has 2 aromatic heterocycles. The van der Waals surface area contributed by atoms with Gasteiger partial charge in [0.15, 0.2) is 5.82 Å². The lowest BCUT2D eigenvalue weighted by Gasteiger charge is -2.24. The Morgan fingerprint density at radius 2 is 1.57 bits per heavy atom. The molecule has 0 spiro atoms. The van der Waals surface area contributed by atoms with E-state index < -0.39 is 24.3 Å². The van der Waals surface area contributed by atoms with Crippen LogP contribution in [0.5, 0.6) is 0 Å². The van der Waals surface area contributed by atoms with Gasteiger partial charge < -0.3 is 15.1 Å². The topological polar surface area (TPSA) is 129 Å². The van der Waals surface area contributed by atoms with E-state index in [9.17, 15) is 31.1 Å². The Morgan fingerprint density at radius 3 is 2.08 bits per heavy atom. The molecule has 0 unspecified atom stereocenters. The van der Waals surface area contributed by atoms with Crippen LogP contribution >= 0.6 is 0 Å². The van der Waals surface area contributed by atoms with Gasteiger partial charge in [0.05, 0.1) is 17.5 Å². The fraction of sp³-hybridized carbons (Fsp3) is 0.542. The third-order valence-electron chi connectivity index (χ3n) is 6.23. The normalized spacial score (nSPS) is 15.4. The van der Waals surface area contributed by atoms with Gasteiger partial charge in [-0.25, -0.2) is 19.3 Å². The van der Waals surface area contributed by atoms with Crippen LogP contribution in [-0.4, -0.2) is 85.1 Å². The maximum Gasteiger partial charge on any atom is 0.490 e. The van der Waals surface area contributed by atoms with Gasteiger partial charge in [-0.2, -0.15) is 31.4 Å². The standard InChI is InChI=1S/C20H27N5O.2C2HF3O2/c1-3-23(2)20(26)17-11-22-25-18(17)14-24(12-15-7-4-5-8-15)13-16-9-6-10-21-19(16)25;2*3-2(4,5)1(6)7/h6,9-11,15H,3-5,7-8,12-14H2,1-2H3;2*(H,6,7). The van der Waals surface area contributed by atoms with E-state index in [1.807, 2.05) is 24.7 Å². The van der Waals surface area contributed by atoms with E-state index in [-0.39, 0.29) is 5.91 Å².